The molecular formula is C24H27N5O2. The number of amides is 1. The summed E-state index contributed by atoms with van der Waals surface area (Å²) in [6, 6.07) is 14.4. The number of hydrogen-bond donors (Lipinski definition) is 2. The van der Waals surface area contributed by atoms with Gasteiger partial charge in [0.05, 0.1) is 0 Å². The first-order valence-electron chi connectivity index (χ1n) is 10.7. The minimum absolute atomic E-state index is 0.00245. The lowest BCUT2D eigenvalue weighted by Gasteiger charge is -2.16. The van der Waals surface area contributed by atoms with Crippen molar-refractivity contribution in [1.29, 1.82) is 0 Å². The Kier molecular flexibility index (Phi) is 6.11. The number of benzene rings is 2. The number of aromatic nitrogens is 3. The van der Waals surface area contributed by atoms with Crippen LogP contribution in [0.25, 0.3) is 11.4 Å². The number of hydrogen-bond acceptors (Lipinski definition) is 5. The van der Waals surface area contributed by atoms with E-state index < -0.39 is 6.04 Å². The molecule has 2 N–H and O–H groups in total. The van der Waals surface area contributed by atoms with Gasteiger partial charge in [0, 0.05) is 35.5 Å². The van der Waals surface area contributed by atoms with Crippen molar-refractivity contribution in [1.82, 2.24) is 14.8 Å². The second-order valence-corrected chi connectivity index (χ2v) is 7.97. The normalized spacial score (nSPS) is 14.3. The predicted molar refractivity (Wildman–Crippen MR) is 121 cm³/mol. The minimum Gasteiger partial charge on any atom is -0.374 e. The third-order valence-electron chi connectivity index (χ3n) is 5.57. The average Bonchev–Trinajstić information content (AvgIpc) is 3.02. The maximum absolute atomic E-state index is 12.6. The molecule has 1 unspecified atom stereocenters. The molecule has 3 aromatic rings. The van der Waals surface area contributed by atoms with Crippen molar-refractivity contribution in [2.45, 2.75) is 52.1 Å². The van der Waals surface area contributed by atoms with Crippen LogP contribution in [0.4, 0.5) is 11.4 Å². The molecule has 1 aromatic heterocycles. The maximum Gasteiger partial charge on any atom is 0.246 e. The molecule has 31 heavy (non-hydrogen) atoms. The van der Waals surface area contributed by atoms with Crippen molar-refractivity contribution in [3.8, 4) is 11.4 Å². The van der Waals surface area contributed by atoms with Crippen LogP contribution >= 0.6 is 0 Å². The number of ketones is 1. The summed E-state index contributed by atoms with van der Waals surface area (Å²) in [6.07, 6.45) is 4.48. The maximum atomic E-state index is 12.6. The van der Waals surface area contributed by atoms with Crippen molar-refractivity contribution in [2.24, 2.45) is 0 Å². The smallest absolute Gasteiger partial charge is 0.246 e. The van der Waals surface area contributed by atoms with Crippen LogP contribution in [0.1, 0.15) is 49.3 Å². The van der Waals surface area contributed by atoms with E-state index in [4.69, 9.17) is 0 Å². The Labute approximate surface area is 181 Å². The SMILES string of the molecule is CC(=O)c1ccc(NC(=O)C(C)Nc2cccc(-c3nnc4n3CCCCC4)c2)cc1. The molecule has 1 aliphatic rings. The number of Topliss-reactive ketones (excluding diaryl/α,β-unsaturated/α-hetero) is 1. The van der Waals surface area contributed by atoms with Gasteiger partial charge in [0.25, 0.3) is 0 Å². The Morgan fingerprint density at radius 1 is 1.00 bits per heavy atom. The number of fused-ring (bicyclic) bond motifs is 1. The highest BCUT2D eigenvalue weighted by molar-refractivity contribution is 5.98. The molecule has 0 aliphatic carbocycles. The number of nitrogens with one attached hydrogen (secondary N) is 2. The van der Waals surface area contributed by atoms with E-state index in [-0.39, 0.29) is 11.7 Å². The highest BCUT2D eigenvalue weighted by atomic mass is 16.2. The first kappa shape index (κ1) is 20.8. The summed E-state index contributed by atoms with van der Waals surface area (Å²) in [5.41, 5.74) is 3.10. The molecule has 0 saturated heterocycles. The van der Waals surface area contributed by atoms with E-state index in [0.29, 0.717) is 11.3 Å². The quantitative estimate of drug-likeness (QED) is 0.583. The fourth-order valence-corrected chi connectivity index (χ4v) is 3.80. The second-order valence-electron chi connectivity index (χ2n) is 7.97. The van der Waals surface area contributed by atoms with Gasteiger partial charge in [-0.05, 0) is 63.1 Å². The van der Waals surface area contributed by atoms with Gasteiger partial charge in [-0.2, -0.15) is 0 Å². The van der Waals surface area contributed by atoms with Crippen LogP contribution < -0.4 is 10.6 Å². The van der Waals surface area contributed by atoms with Crippen LogP contribution in [0, 0.1) is 0 Å². The molecule has 7 heteroatoms. The monoisotopic (exact) mass is 417 g/mol. The van der Waals surface area contributed by atoms with E-state index in [1.807, 2.05) is 31.2 Å². The van der Waals surface area contributed by atoms with Gasteiger partial charge in [0.15, 0.2) is 11.6 Å². The molecule has 2 aromatic carbocycles. The van der Waals surface area contributed by atoms with Gasteiger partial charge in [0.2, 0.25) is 5.91 Å². The molecule has 4 rings (SSSR count). The van der Waals surface area contributed by atoms with E-state index in [1.54, 1.807) is 24.3 Å². The molecule has 7 nitrogen and oxygen atoms in total. The Morgan fingerprint density at radius 3 is 2.58 bits per heavy atom. The van der Waals surface area contributed by atoms with Gasteiger partial charge < -0.3 is 15.2 Å². The summed E-state index contributed by atoms with van der Waals surface area (Å²) >= 11 is 0. The molecule has 1 amide bonds. The number of carbonyl (C=O) groups is 2. The molecule has 160 valence electrons. The molecule has 0 bridgehead atoms. The van der Waals surface area contributed by atoms with E-state index in [2.05, 4.69) is 25.4 Å². The fourth-order valence-electron chi connectivity index (χ4n) is 3.80. The third kappa shape index (κ3) is 4.82. The molecule has 0 fully saturated rings. The summed E-state index contributed by atoms with van der Waals surface area (Å²) in [6.45, 7) is 4.27. The number of anilines is 2. The topological polar surface area (TPSA) is 88.9 Å². The standard InChI is InChI=1S/C24H27N5O2/c1-16(24(31)26-20-12-10-18(11-13-20)17(2)30)25-21-8-6-7-19(15-21)23-28-27-22-9-4-3-5-14-29(22)23/h6-8,10-13,15-16,25H,3-5,9,14H2,1-2H3,(H,26,31). The van der Waals surface area contributed by atoms with Gasteiger partial charge in [-0.15, -0.1) is 10.2 Å². The van der Waals surface area contributed by atoms with Crippen LogP contribution in [0.15, 0.2) is 48.5 Å². The number of nitrogens with zero attached hydrogens (tertiary/aromatic N) is 3. The average molecular weight is 418 g/mol. The molecule has 2 heterocycles. The fraction of sp³-hybridized carbons (Fsp3) is 0.333. The Bertz CT molecular complexity index is 1090. The van der Waals surface area contributed by atoms with Crippen LogP contribution in [0.5, 0.6) is 0 Å². The van der Waals surface area contributed by atoms with Gasteiger partial charge in [-0.25, -0.2) is 0 Å². The van der Waals surface area contributed by atoms with Crippen molar-refractivity contribution in [3.63, 3.8) is 0 Å². The Morgan fingerprint density at radius 2 is 1.81 bits per heavy atom. The second kappa shape index (κ2) is 9.12. The van der Waals surface area contributed by atoms with Crippen molar-refractivity contribution in [3.05, 3.63) is 59.9 Å². The van der Waals surface area contributed by atoms with Crippen LogP contribution in [0.2, 0.25) is 0 Å². The Balaban J connectivity index is 1.44. The predicted octanol–water partition coefficient (Wildman–Crippen LogP) is 4.31. The van der Waals surface area contributed by atoms with Crippen LogP contribution in [-0.2, 0) is 17.8 Å². The minimum atomic E-state index is -0.446. The van der Waals surface area contributed by atoms with Gasteiger partial charge in [-0.3, -0.25) is 9.59 Å². The molecule has 0 spiro atoms. The van der Waals surface area contributed by atoms with Crippen molar-refractivity contribution in [2.75, 3.05) is 10.6 Å². The van der Waals surface area contributed by atoms with Crippen LogP contribution in [0.3, 0.4) is 0 Å². The van der Waals surface area contributed by atoms with E-state index in [0.717, 1.165) is 48.7 Å². The zero-order chi connectivity index (χ0) is 21.8. The number of carbonyl (C=O) groups excluding carboxylic acids is 2. The lowest BCUT2D eigenvalue weighted by atomic mass is 10.1. The summed E-state index contributed by atoms with van der Waals surface area (Å²) < 4.78 is 2.22. The summed E-state index contributed by atoms with van der Waals surface area (Å²) in [5.74, 6) is 1.77. The molecule has 1 atom stereocenters. The lowest BCUT2D eigenvalue weighted by molar-refractivity contribution is -0.116. The summed E-state index contributed by atoms with van der Waals surface area (Å²) in [7, 11) is 0. The van der Waals surface area contributed by atoms with E-state index in [1.165, 1.54) is 13.3 Å². The van der Waals surface area contributed by atoms with E-state index in [9.17, 15) is 9.59 Å². The molecule has 1 aliphatic heterocycles. The molecular weight excluding hydrogens is 390 g/mol. The first-order chi connectivity index (χ1) is 15.0. The molecule has 0 radical (unpaired) electrons. The summed E-state index contributed by atoms with van der Waals surface area (Å²) in [4.78, 5) is 24.0. The van der Waals surface area contributed by atoms with Gasteiger partial charge >= 0.3 is 0 Å². The summed E-state index contributed by atoms with van der Waals surface area (Å²) in [5, 5.41) is 14.9. The van der Waals surface area contributed by atoms with Gasteiger partial charge in [0.1, 0.15) is 11.9 Å². The van der Waals surface area contributed by atoms with Crippen LogP contribution in [-0.4, -0.2) is 32.5 Å². The van der Waals surface area contributed by atoms with Crippen molar-refractivity contribution >= 4 is 23.1 Å². The largest absolute Gasteiger partial charge is 0.374 e. The molecule has 0 saturated carbocycles. The third-order valence-corrected chi connectivity index (χ3v) is 5.57. The number of aryl methyl sites for hydroxylation is 1. The zero-order valence-electron chi connectivity index (χ0n) is 17.9. The first-order valence-corrected chi connectivity index (χ1v) is 10.7. The van der Waals surface area contributed by atoms with Crippen molar-refractivity contribution < 1.29 is 9.59 Å². The van der Waals surface area contributed by atoms with E-state index >= 15 is 0 Å². The lowest BCUT2D eigenvalue weighted by Crippen LogP contribution is -2.31. The van der Waals surface area contributed by atoms with Gasteiger partial charge in [-0.1, -0.05) is 18.6 Å². The Hall–Kier alpha value is -3.48. The number of rotatable bonds is 6. The highest BCUT2D eigenvalue weighted by Crippen LogP contribution is 2.25. The zero-order valence-corrected chi connectivity index (χ0v) is 17.9. The highest BCUT2D eigenvalue weighted by Gasteiger charge is 2.17.